The molecule has 0 aliphatic heterocycles. The van der Waals surface area contributed by atoms with E-state index in [-0.39, 0.29) is 10.8 Å². The third-order valence-corrected chi connectivity index (χ3v) is 3.91. The molecule has 1 aliphatic rings. The van der Waals surface area contributed by atoms with Crippen molar-refractivity contribution in [2.75, 3.05) is 4.43 Å². The summed E-state index contributed by atoms with van der Waals surface area (Å²) in [6.45, 7) is 6.36. The van der Waals surface area contributed by atoms with E-state index in [4.69, 9.17) is 0 Å². The average Bonchev–Trinajstić information content (AvgIpc) is 2.26. The fourth-order valence-corrected chi connectivity index (χ4v) is 2.50. The van der Waals surface area contributed by atoms with Gasteiger partial charge in [0.1, 0.15) is 5.78 Å². The Bertz CT molecular complexity index is 230. The lowest BCUT2D eigenvalue weighted by atomic mass is 9.67. The standard InChI is InChI=1S/C10H15IO/c1-9(2)5-4-6-10(9,3)8(12)7-11/h4-5H,6-7H2,1-3H3/t10-/m0/s1. The number of alkyl halides is 1. The number of allylic oxidation sites excluding steroid dienone is 2. The van der Waals surface area contributed by atoms with Crippen molar-refractivity contribution in [1.82, 2.24) is 0 Å². The molecular formula is C10H15IO. The van der Waals surface area contributed by atoms with E-state index in [0.29, 0.717) is 10.2 Å². The quantitative estimate of drug-likeness (QED) is 0.431. The molecule has 0 spiro atoms. The largest absolute Gasteiger partial charge is 0.298 e. The topological polar surface area (TPSA) is 17.1 Å². The van der Waals surface area contributed by atoms with Crippen LogP contribution in [-0.2, 0) is 4.79 Å². The van der Waals surface area contributed by atoms with Gasteiger partial charge in [0.2, 0.25) is 0 Å². The van der Waals surface area contributed by atoms with Gasteiger partial charge in [0, 0.05) is 5.41 Å². The molecule has 68 valence electrons. The van der Waals surface area contributed by atoms with Crippen LogP contribution in [-0.4, -0.2) is 10.2 Å². The number of ketones is 1. The van der Waals surface area contributed by atoms with Crippen LogP contribution in [0.15, 0.2) is 12.2 Å². The molecule has 0 unspecified atom stereocenters. The van der Waals surface area contributed by atoms with Crippen molar-refractivity contribution in [2.24, 2.45) is 10.8 Å². The number of halogens is 1. The van der Waals surface area contributed by atoms with Crippen LogP contribution in [0, 0.1) is 10.8 Å². The molecule has 1 aliphatic carbocycles. The first-order valence-electron chi connectivity index (χ1n) is 4.21. The molecule has 0 aromatic rings. The zero-order valence-electron chi connectivity index (χ0n) is 7.86. The smallest absolute Gasteiger partial charge is 0.149 e. The summed E-state index contributed by atoms with van der Waals surface area (Å²) in [5.41, 5.74) is -0.122. The Morgan fingerprint density at radius 3 is 2.42 bits per heavy atom. The first-order chi connectivity index (χ1) is 5.44. The van der Waals surface area contributed by atoms with Gasteiger partial charge in [-0.25, -0.2) is 0 Å². The Morgan fingerprint density at radius 1 is 1.50 bits per heavy atom. The van der Waals surface area contributed by atoms with Gasteiger partial charge in [-0.3, -0.25) is 4.79 Å². The SMILES string of the molecule is CC1(C)C=CC[C@@]1(C)C(=O)CI. The monoisotopic (exact) mass is 278 g/mol. The second-order valence-corrected chi connectivity index (χ2v) is 4.98. The molecule has 0 N–H and O–H groups in total. The third kappa shape index (κ3) is 1.34. The van der Waals surface area contributed by atoms with Crippen LogP contribution in [0.4, 0.5) is 0 Å². The lowest BCUT2D eigenvalue weighted by molar-refractivity contribution is -0.128. The fraction of sp³-hybridized carbons (Fsp3) is 0.700. The minimum atomic E-state index is -0.159. The normalized spacial score (nSPS) is 32.3. The third-order valence-electron chi connectivity index (χ3n) is 3.22. The molecule has 0 bridgehead atoms. The van der Waals surface area contributed by atoms with Crippen molar-refractivity contribution in [1.29, 1.82) is 0 Å². The minimum absolute atomic E-state index is 0.0370. The van der Waals surface area contributed by atoms with Crippen LogP contribution in [0.2, 0.25) is 0 Å². The maximum atomic E-state index is 11.7. The highest BCUT2D eigenvalue weighted by molar-refractivity contribution is 14.1. The van der Waals surface area contributed by atoms with Gasteiger partial charge < -0.3 is 0 Å². The van der Waals surface area contributed by atoms with Crippen LogP contribution < -0.4 is 0 Å². The Hall–Kier alpha value is 0.140. The molecule has 0 saturated heterocycles. The Morgan fingerprint density at radius 2 is 2.08 bits per heavy atom. The minimum Gasteiger partial charge on any atom is -0.298 e. The van der Waals surface area contributed by atoms with Gasteiger partial charge in [0.15, 0.2) is 0 Å². The summed E-state index contributed by atoms with van der Waals surface area (Å²) in [5.74, 6) is 0.373. The summed E-state index contributed by atoms with van der Waals surface area (Å²) < 4.78 is 0.624. The molecule has 0 amide bonds. The second kappa shape index (κ2) is 3.13. The number of Topliss-reactive ketones (excluding diaryl/α,β-unsaturated/α-hetero) is 1. The van der Waals surface area contributed by atoms with Gasteiger partial charge in [-0.1, -0.05) is 55.5 Å². The van der Waals surface area contributed by atoms with Crippen molar-refractivity contribution in [3.63, 3.8) is 0 Å². The van der Waals surface area contributed by atoms with Gasteiger partial charge in [0.05, 0.1) is 4.43 Å². The van der Waals surface area contributed by atoms with Crippen LogP contribution in [0.25, 0.3) is 0 Å². The highest BCUT2D eigenvalue weighted by atomic mass is 127. The van der Waals surface area contributed by atoms with E-state index in [1.807, 2.05) is 0 Å². The second-order valence-electron chi connectivity index (χ2n) is 4.22. The van der Waals surface area contributed by atoms with Crippen molar-refractivity contribution >= 4 is 28.4 Å². The molecule has 2 heteroatoms. The van der Waals surface area contributed by atoms with E-state index >= 15 is 0 Å². The molecule has 1 nitrogen and oxygen atoms in total. The van der Waals surface area contributed by atoms with E-state index < -0.39 is 0 Å². The number of hydrogen-bond acceptors (Lipinski definition) is 1. The highest BCUT2D eigenvalue weighted by Gasteiger charge is 2.46. The van der Waals surface area contributed by atoms with E-state index in [2.05, 4.69) is 55.5 Å². The number of carbonyl (C=O) groups is 1. The van der Waals surface area contributed by atoms with E-state index in [1.54, 1.807) is 0 Å². The van der Waals surface area contributed by atoms with Gasteiger partial charge in [-0.2, -0.15) is 0 Å². The summed E-state index contributed by atoms with van der Waals surface area (Å²) >= 11 is 2.15. The summed E-state index contributed by atoms with van der Waals surface area (Å²) in [6.07, 6.45) is 5.20. The zero-order chi connectivity index (χ0) is 9.41. The number of carbonyl (C=O) groups excluding carboxylic acids is 1. The van der Waals surface area contributed by atoms with Gasteiger partial charge in [0.25, 0.3) is 0 Å². The maximum absolute atomic E-state index is 11.7. The molecule has 0 aromatic carbocycles. The predicted molar refractivity (Wildman–Crippen MR) is 59.5 cm³/mol. The zero-order valence-corrected chi connectivity index (χ0v) is 10.0. The molecule has 0 radical (unpaired) electrons. The van der Waals surface area contributed by atoms with Crippen molar-refractivity contribution in [2.45, 2.75) is 27.2 Å². The number of rotatable bonds is 2. The summed E-state index contributed by atoms with van der Waals surface area (Å²) in [6, 6.07) is 0. The van der Waals surface area contributed by atoms with E-state index in [1.165, 1.54) is 0 Å². The van der Waals surface area contributed by atoms with Crippen LogP contribution in [0.5, 0.6) is 0 Å². The maximum Gasteiger partial charge on any atom is 0.149 e. The Labute approximate surface area is 87.8 Å². The fourth-order valence-electron chi connectivity index (χ4n) is 1.66. The van der Waals surface area contributed by atoms with E-state index in [0.717, 1.165) is 6.42 Å². The Kier molecular flexibility index (Phi) is 2.66. The van der Waals surface area contributed by atoms with Crippen molar-refractivity contribution < 1.29 is 4.79 Å². The average molecular weight is 278 g/mol. The van der Waals surface area contributed by atoms with Crippen molar-refractivity contribution in [3.8, 4) is 0 Å². The molecular weight excluding hydrogens is 263 g/mol. The lowest BCUT2D eigenvalue weighted by Gasteiger charge is -2.36. The number of hydrogen-bond donors (Lipinski definition) is 0. The first kappa shape index (κ1) is 10.2. The molecule has 1 rings (SSSR count). The molecule has 1 atom stereocenters. The van der Waals surface area contributed by atoms with Crippen molar-refractivity contribution in [3.05, 3.63) is 12.2 Å². The molecule has 0 fully saturated rings. The van der Waals surface area contributed by atoms with Gasteiger partial charge in [-0.05, 0) is 11.8 Å². The molecule has 0 heterocycles. The van der Waals surface area contributed by atoms with Crippen LogP contribution in [0.3, 0.4) is 0 Å². The molecule has 0 saturated carbocycles. The summed E-state index contributed by atoms with van der Waals surface area (Å²) in [4.78, 5) is 11.7. The highest BCUT2D eigenvalue weighted by Crippen LogP contribution is 2.48. The Balaban J connectivity index is 2.94. The molecule has 0 aromatic heterocycles. The first-order valence-corrected chi connectivity index (χ1v) is 5.73. The molecule has 12 heavy (non-hydrogen) atoms. The predicted octanol–water partition coefficient (Wildman–Crippen LogP) is 2.98. The van der Waals surface area contributed by atoms with Crippen LogP contribution >= 0.6 is 22.6 Å². The summed E-state index contributed by atoms with van der Waals surface area (Å²) in [7, 11) is 0. The lowest BCUT2D eigenvalue weighted by Crippen LogP contribution is -2.38. The van der Waals surface area contributed by atoms with Gasteiger partial charge >= 0.3 is 0 Å². The summed E-state index contributed by atoms with van der Waals surface area (Å²) in [5, 5.41) is 0. The van der Waals surface area contributed by atoms with Gasteiger partial charge in [-0.15, -0.1) is 0 Å². The van der Waals surface area contributed by atoms with E-state index in [9.17, 15) is 4.79 Å². The van der Waals surface area contributed by atoms with Crippen LogP contribution in [0.1, 0.15) is 27.2 Å².